The highest BCUT2D eigenvalue weighted by Crippen LogP contribution is 2.29. The SMILES string of the molecule is C/C(=C\C(=O)O)c1c(C)[nH]c2c(C)cccc12. The van der Waals surface area contributed by atoms with E-state index >= 15 is 0 Å². The Kier molecular flexibility index (Phi) is 2.76. The van der Waals surface area contributed by atoms with Crippen LogP contribution in [0, 0.1) is 13.8 Å². The third-order valence-corrected chi connectivity index (χ3v) is 2.96. The molecule has 0 bridgehead atoms. The molecule has 3 heteroatoms. The average molecular weight is 229 g/mol. The van der Waals surface area contributed by atoms with Crippen LogP contribution >= 0.6 is 0 Å². The summed E-state index contributed by atoms with van der Waals surface area (Å²) in [4.78, 5) is 14.0. The van der Waals surface area contributed by atoms with Gasteiger partial charge in [0.15, 0.2) is 0 Å². The van der Waals surface area contributed by atoms with E-state index in [2.05, 4.69) is 4.98 Å². The number of hydrogen-bond donors (Lipinski definition) is 2. The van der Waals surface area contributed by atoms with Crippen LogP contribution in [-0.4, -0.2) is 16.1 Å². The summed E-state index contributed by atoms with van der Waals surface area (Å²) in [6.45, 7) is 5.83. The van der Waals surface area contributed by atoms with Crippen LogP contribution in [0.3, 0.4) is 0 Å². The number of aryl methyl sites for hydroxylation is 2. The lowest BCUT2D eigenvalue weighted by atomic mass is 10.0. The van der Waals surface area contributed by atoms with Crippen molar-refractivity contribution >= 4 is 22.4 Å². The Labute approximate surface area is 99.8 Å². The zero-order valence-electron chi connectivity index (χ0n) is 10.2. The van der Waals surface area contributed by atoms with E-state index in [0.717, 1.165) is 27.7 Å². The number of carboxylic acids is 1. The molecule has 0 unspecified atom stereocenters. The van der Waals surface area contributed by atoms with E-state index in [4.69, 9.17) is 5.11 Å². The van der Waals surface area contributed by atoms with Crippen molar-refractivity contribution < 1.29 is 9.90 Å². The number of aliphatic carboxylic acids is 1. The van der Waals surface area contributed by atoms with Crippen molar-refractivity contribution in [3.63, 3.8) is 0 Å². The van der Waals surface area contributed by atoms with Gasteiger partial charge in [-0.1, -0.05) is 18.2 Å². The molecule has 3 nitrogen and oxygen atoms in total. The Morgan fingerprint density at radius 1 is 1.35 bits per heavy atom. The van der Waals surface area contributed by atoms with Crippen molar-refractivity contribution in [1.82, 2.24) is 4.98 Å². The summed E-state index contributed by atoms with van der Waals surface area (Å²) in [5.74, 6) is -0.913. The molecule has 1 heterocycles. The lowest BCUT2D eigenvalue weighted by Crippen LogP contribution is -1.90. The molecule has 1 aromatic carbocycles. The van der Waals surface area contributed by atoms with Crippen molar-refractivity contribution in [2.24, 2.45) is 0 Å². The zero-order valence-corrected chi connectivity index (χ0v) is 10.2. The van der Waals surface area contributed by atoms with Gasteiger partial charge in [0.2, 0.25) is 0 Å². The van der Waals surface area contributed by atoms with Crippen LogP contribution in [0.4, 0.5) is 0 Å². The lowest BCUT2D eigenvalue weighted by Gasteiger charge is -2.01. The van der Waals surface area contributed by atoms with E-state index in [1.165, 1.54) is 11.6 Å². The van der Waals surface area contributed by atoms with Crippen molar-refractivity contribution in [2.45, 2.75) is 20.8 Å². The van der Waals surface area contributed by atoms with Crippen LogP contribution in [-0.2, 0) is 4.79 Å². The van der Waals surface area contributed by atoms with Gasteiger partial charge in [0.25, 0.3) is 0 Å². The minimum absolute atomic E-state index is 0.770. The highest BCUT2D eigenvalue weighted by Gasteiger charge is 2.11. The second kappa shape index (κ2) is 4.09. The molecule has 0 spiro atoms. The molecule has 2 N–H and O–H groups in total. The molecule has 0 atom stereocenters. The molecule has 0 aliphatic rings. The standard InChI is InChI=1S/C14H15NO2/c1-8-5-4-6-11-13(9(2)7-12(16)17)10(3)15-14(8)11/h4-7,15H,1-3H3,(H,16,17)/b9-7+. The monoisotopic (exact) mass is 229 g/mol. The van der Waals surface area contributed by atoms with Gasteiger partial charge >= 0.3 is 5.97 Å². The first-order valence-electron chi connectivity index (χ1n) is 5.50. The minimum Gasteiger partial charge on any atom is -0.478 e. The van der Waals surface area contributed by atoms with E-state index in [9.17, 15) is 4.79 Å². The predicted octanol–water partition coefficient (Wildman–Crippen LogP) is 3.27. The Morgan fingerprint density at radius 2 is 2.06 bits per heavy atom. The fourth-order valence-electron chi connectivity index (χ4n) is 2.26. The summed E-state index contributed by atoms with van der Waals surface area (Å²) in [5, 5.41) is 9.89. The van der Waals surface area contributed by atoms with Gasteiger partial charge in [0.05, 0.1) is 0 Å². The highest BCUT2D eigenvalue weighted by atomic mass is 16.4. The van der Waals surface area contributed by atoms with Crippen LogP contribution in [0.25, 0.3) is 16.5 Å². The Morgan fingerprint density at radius 3 is 2.71 bits per heavy atom. The number of fused-ring (bicyclic) bond motifs is 1. The fourth-order valence-corrected chi connectivity index (χ4v) is 2.26. The molecule has 0 fully saturated rings. The number of allylic oxidation sites excluding steroid dienone is 1. The first-order valence-corrected chi connectivity index (χ1v) is 5.50. The maximum absolute atomic E-state index is 10.7. The lowest BCUT2D eigenvalue weighted by molar-refractivity contribution is -0.131. The Hall–Kier alpha value is -2.03. The summed E-state index contributed by atoms with van der Waals surface area (Å²) in [7, 11) is 0. The van der Waals surface area contributed by atoms with Gasteiger partial charge in [-0.2, -0.15) is 0 Å². The number of benzene rings is 1. The van der Waals surface area contributed by atoms with Gasteiger partial charge in [-0.15, -0.1) is 0 Å². The molecule has 0 saturated carbocycles. The molecular weight excluding hydrogens is 214 g/mol. The molecule has 0 radical (unpaired) electrons. The van der Waals surface area contributed by atoms with Crippen molar-refractivity contribution in [3.05, 3.63) is 41.1 Å². The van der Waals surface area contributed by atoms with E-state index < -0.39 is 5.97 Å². The van der Waals surface area contributed by atoms with Crippen molar-refractivity contribution in [1.29, 1.82) is 0 Å². The van der Waals surface area contributed by atoms with E-state index in [-0.39, 0.29) is 0 Å². The molecule has 0 saturated heterocycles. The molecule has 2 rings (SSSR count). The number of para-hydroxylation sites is 1. The topological polar surface area (TPSA) is 53.1 Å². The smallest absolute Gasteiger partial charge is 0.328 e. The van der Waals surface area contributed by atoms with Gasteiger partial charge in [-0.05, 0) is 31.9 Å². The van der Waals surface area contributed by atoms with Gasteiger partial charge in [-0.3, -0.25) is 0 Å². The Balaban J connectivity index is 2.74. The number of aromatic nitrogens is 1. The second-order valence-electron chi connectivity index (χ2n) is 4.29. The third kappa shape index (κ3) is 1.96. The first-order chi connectivity index (χ1) is 8.00. The quantitative estimate of drug-likeness (QED) is 0.776. The fraction of sp³-hybridized carbons (Fsp3) is 0.214. The zero-order chi connectivity index (χ0) is 12.6. The number of nitrogens with one attached hydrogen (secondary N) is 1. The maximum atomic E-state index is 10.7. The number of aromatic amines is 1. The van der Waals surface area contributed by atoms with Crippen LogP contribution in [0.2, 0.25) is 0 Å². The van der Waals surface area contributed by atoms with Crippen LogP contribution < -0.4 is 0 Å². The van der Waals surface area contributed by atoms with Gasteiger partial charge in [0, 0.05) is 28.2 Å². The Bertz CT molecular complexity index is 620. The first kappa shape index (κ1) is 11.5. The molecule has 0 aliphatic heterocycles. The highest BCUT2D eigenvalue weighted by molar-refractivity contribution is 5.99. The van der Waals surface area contributed by atoms with E-state index in [1.54, 1.807) is 0 Å². The summed E-state index contributed by atoms with van der Waals surface area (Å²) in [5.41, 5.74) is 5.01. The van der Waals surface area contributed by atoms with Crippen molar-refractivity contribution in [2.75, 3.05) is 0 Å². The second-order valence-corrected chi connectivity index (χ2v) is 4.29. The average Bonchev–Trinajstić information content (AvgIpc) is 2.55. The number of carboxylic acid groups (broad SMARTS) is 1. The molecular formula is C14H15NO2. The molecule has 0 aliphatic carbocycles. The number of hydrogen-bond acceptors (Lipinski definition) is 1. The van der Waals surface area contributed by atoms with Gasteiger partial charge in [0.1, 0.15) is 0 Å². The minimum atomic E-state index is -0.913. The largest absolute Gasteiger partial charge is 0.478 e. The van der Waals surface area contributed by atoms with Crippen LogP contribution in [0.15, 0.2) is 24.3 Å². The molecule has 88 valence electrons. The van der Waals surface area contributed by atoms with Crippen LogP contribution in [0.1, 0.15) is 23.7 Å². The third-order valence-electron chi connectivity index (χ3n) is 2.96. The molecule has 2 aromatic rings. The van der Waals surface area contributed by atoms with Crippen molar-refractivity contribution in [3.8, 4) is 0 Å². The number of carbonyl (C=O) groups is 1. The van der Waals surface area contributed by atoms with E-state index in [1.807, 2.05) is 39.0 Å². The predicted molar refractivity (Wildman–Crippen MR) is 69.1 cm³/mol. The summed E-state index contributed by atoms with van der Waals surface area (Å²) < 4.78 is 0. The number of H-pyrrole nitrogens is 1. The van der Waals surface area contributed by atoms with Crippen LogP contribution in [0.5, 0.6) is 0 Å². The number of rotatable bonds is 2. The normalized spacial score (nSPS) is 12.1. The molecule has 0 amide bonds. The maximum Gasteiger partial charge on any atom is 0.328 e. The van der Waals surface area contributed by atoms with Gasteiger partial charge < -0.3 is 10.1 Å². The molecule has 17 heavy (non-hydrogen) atoms. The van der Waals surface area contributed by atoms with Gasteiger partial charge in [-0.25, -0.2) is 4.79 Å². The molecule has 1 aromatic heterocycles. The summed E-state index contributed by atoms with van der Waals surface area (Å²) in [6, 6.07) is 6.04. The summed E-state index contributed by atoms with van der Waals surface area (Å²) >= 11 is 0. The summed E-state index contributed by atoms with van der Waals surface area (Å²) in [6.07, 6.45) is 1.25. The van der Waals surface area contributed by atoms with E-state index in [0.29, 0.717) is 0 Å².